The number of halogens is 3. The first-order valence-corrected chi connectivity index (χ1v) is 6.70. The summed E-state index contributed by atoms with van der Waals surface area (Å²) in [6.07, 6.45) is 1.94. The van der Waals surface area contributed by atoms with E-state index in [1.807, 2.05) is 4.72 Å². The Morgan fingerprint density at radius 3 is 2.37 bits per heavy atom. The largest absolute Gasteiger partial charge is 0.277 e. The van der Waals surface area contributed by atoms with Gasteiger partial charge < -0.3 is 0 Å². The van der Waals surface area contributed by atoms with Crippen molar-refractivity contribution in [3.05, 3.63) is 47.5 Å². The minimum atomic E-state index is -4.06. The van der Waals surface area contributed by atoms with E-state index in [0.717, 1.165) is 24.5 Å². The first-order chi connectivity index (χ1) is 8.88. The van der Waals surface area contributed by atoms with E-state index in [4.69, 9.17) is 11.6 Å². The summed E-state index contributed by atoms with van der Waals surface area (Å²) < 4.78 is 51.7. The molecular formula is C10H6ClF2N3O2S. The van der Waals surface area contributed by atoms with Crippen LogP contribution in [0.5, 0.6) is 0 Å². The van der Waals surface area contributed by atoms with Gasteiger partial charge in [-0.05, 0) is 23.7 Å². The van der Waals surface area contributed by atoms with Crippen molar-refractivity contribution >= 4 is 27.3 Å². The van der Waals surface area contributed by atoms with Crippen LogP contribution in [0.4, 0.5) is 14.5 Å². The summed E-state index contributed by atoms with van der Waals surface area (Å²) in [6.45, 7) is 0. The molecule has 0 saturated heterocycles. The third-order valence-corrected chi connectivity index (χ3v) is 3.60. The number of hydrogen-bond donors (Lipinski definition) is 1. The molecule has 0 spiro atoms. The van der Waals surface area contributed by atoms with Gasteiger partial charge >= 0.3 is 0 Å². The monoisotopic (exact) mass is 305 g/mol. The van der Waals surface area contributed by atoms with E-state index >= 15 is 0 Å². The third-order valence-electron chi connectivity index (χ3n) is 2.08. The summed E-state index contributed by atoms with van der Waals surface area (Å²) in [7, 11) is -4.06. The normalized spacial score (nSPS) is 11.3. The van der Waals surface area contributed by atoms with Gasteiger partial charge in [0.15, 0.2) is 0 Å². The molecule has 0 saturated carbocycles. The molecule has 1 aromatic carbocycles. The van der Waals surface area contributed by atoms with E-state index in [-0.39, 0.29) is 15.9 Å². The van der Waals surface area contributed by atoms with E-state index in [0.29, 0.717) is 6.07 Å². The highest BCUT2D eigenvalue weighted by Crippen LogP contribution is 2.19. The van der Waals surface area contributed by atoms with Crippen LogP contribution in [-0.4, -0.2) is 18.4 Å². The Morgan fingerprint density at radius 1 is 1.16 bits per heavy atom. The Morgan fingerprint density at radius 2 is 1.79 bits per heavy atom. The SMILES string of the molecule is O=S(=O)(Nc1ccc(F)cc1F)c1cnc(Cl)nc1. The van der Waals surface area contributed by atoms with Gasteiger partial charge in [0.1, 0.15) is 16.5 Å². The van der Waals surface area contributed by atoms with Crippen molar-refractivity contribution in [3.8, 4) is 0 Å². The van der Waals surface area contributed by atoms with Gasteiger partial charge in [0, 0.05) is 6.07 Å². The second kappa shape index (κ2) is 5.06. The summed E-state index contributed by atoms with van der Waals surface area (Å²) in [4.78, 5) is 6.72. The van der Waals surface area contributed by atoms with Crippen molar-refractivity contribution < 1.29 is 17.2 Å². The van der Waals surface area contributed by atoms with Crippen molar-refractivity contribution in [2.75, 3.05) is 4.72 Å². The zero-order chi connectivity index (χ0) is 14.0. The van der Waals surface area contributed by atoms with Gasteiger partial charge in [-0.1, -0.05) is 0 Å². The van der Waals surface area contributed by atoms with E-state index in [9.17, 15) is 17.2 Å². The minimum Gasteiger partial charge on any atom is -0.277 e. The average molecular weight is 306 g/mol. The van der Waals surface area contributed by atoms with Gasteiger partial charge in [0.05, 0.1) is 18.1 Å². The van der Waals surface area contributed by atoms with Crippen molar-refractivity contribution in [2.24, 2.45) is 0 Å². The Bertz CT molecular complexity index is 707. The Balaban J connectivity index is 2.33. The summed E-state index contributed by atoms with van der Waals surface area (Å²) in [5.74, 6) is -1.84. The molecule has 0 bridgehead atoms. The lowest BCUT2D eigenvalue weighted by molar-refractivity contribution is 0.582. The van der Waals surface area contributed by atoms with E-state index in [2.05, 4.69) is 9.97 Å². The lowest BCUT2D eigenvalue weighted by atomic mass is 10.3. The number of anilines is 1. The van der Waals surface area contributed by atoms with Crippen LogP contribution in [0.15, 0.2) is 35.5 Å². The highest BCUT2D eigenvalue weighted by atomic mass is 35.5. The number of nitrogens with zero attached hydrogens (tertiary/aromatic N) is 2. The molecule has 1 N–H and O–H groups in total. The molecular weight excluding hydrogens is 300 g/mol. The maximum absolute atomic E-state index is 13.3. The summed E-state index contributed by atoms with van der Waals surface area (Å²) >= 11 is 5.43. The third kappa shape index (κ3) is 3.15. The summed E-state index contributed by atoms with van der Waals surface area (Å²) in [5.41, 5.74) is -0.378. The first-order valence-electron chi connectivity index (χ1n) is 4.84. The Kier molecular flexibility index (Phi) is 3.63. The van der Waals surface area contributed by atoms with Gasteiger partial charge in [-0.15, -0.1) is 0 Å². The van der Waals surface area contributed by atoms with E-state index in [1.165, 1.54) is 0 Å². The lowest BCUT2D eigenvalue weighted by Gasteiger charge is -2.08. The molecule has 0 atom stereocenters. The second-order valence-electron chi connectivity index (χ2n) is 3.42. The smallest absolute Gasteiger partial charge is 0.265 e. The number of rotatable bonds is 3. The zero-order valence-corrected chi connectivity index (χ0v) is 10.7. The highest BCUT2D eigenvalue weighted by molar-refractivity contribution is 7.92. The van der Waals surface area contributed by atoms with Gasteiger partial charge in [-0.2, -0.15) is 0 Å². The highest BCUT2D eigenvalue weighted by Gasteiger charge is 2.17. The van der Waals surface area contributed by atoms with Gasteiger partial charge in [0.2, 0.25) is 5.28 Å². The van der Waals surface area contributed by atoms with Crippen LogP contribution in [0.2, 0.25) is 5.28 Å². The summed E-state index contributed by atoms with van der Waals surface area (Å²) in [5, 5.41) is -0.119. The number of sulfonamides is 1. The Hall–Kier alpha value is -1.80. The molecule has 100 valence electrons. The van der Waals surface area contributed by atoms with Gasteiger partial charge in [-0.3, -0.25) is 4.72 Å². The molecule has 0 amide bonds. The zero-order valence-electron chi connectivity index (χ0n) is 9.14. The van der Waals surface area contributed by atoms with Crippen LogP contribution in [-0.2, 0) is 10.0 Å². The van der Waals surface area contributed by atoms with Crippen LogP contribution < -0.4 is 4.72 Å². The molecule has 9 heteroatoms. The van der Waals surface area contributed by atoms with Crippen LogP contribution >= 0.6 is 11.6 Å². The van der Waals surface area contributed by atoms with E-state index in [1.54, 1.807) is 0 Å². The van der Waals surface area contributed by atoms with Gasteiger partial charge in [-0.25, -0.2) is 27.2 Å². The van der Waals surface area contributed by atoms with Crippen LogP contribution in [0.3, 0.4) is 0 Å². The molecule has 0 aliphatic rings. The standard InChI is InChI=1S/C10H6ClF2N3O2S/c11-10-14-4-7(5-15-10)19(17,18)16-9-2-1-6(12)3-8(9)13/h1-5,16H. The van der Waals surface area contributed by atoms with Crippen molar-refractivity contribution in [1.29, 1.82) is 0 Å². The molecule has 0 radical (unpaired) electrons. The molecule has 0 fully saturated rings. The van der Waals surface area contributed by atoms with Crippen LogP contribution in [0.25, 0.3) is 0 Å². The number of nitrogens with one attached hydrogen (secondary N) is 1. The molecule has 0 aliphatic heterocycles. The fourth-order valence-electron chi connectivity index (χ4n) is 1.22. The van der Waals surface area contributed by atoms with Gasteiger partial charge in [0.25, 0.3) is 10.0 Å². The maximum atomic E-state index is 13.3. The molecule has 2 rings (SSSR count). The quantitative estimate of drug-likeness (QED) is 0.883. The topological polar surface area (TPSA) is 72.0 Å². The van der Waals surface area contributed by atoms with Crippen LogP contribution in [0.1, 0.15) is 0 Å². The number of benzene rings is 1. The molecule has 19 heavy (non-hydrogen) atoms. The fourth-order valence-corrected chi connectivity index (χ4v) is 2.27. The predicted octanol–water partition coefficient (Wildman–Crippen LogP) is 2.21. The molecule has 0 unspecified atom stereocenters. The first kappa shape index (κ1) is 13.6. The predicted molar refractivity (Wildman–Crippen MR) is 64.2 cm³/mol. The number of hydrogen-bond acceptors (Lipinski definition) is 4. The van der Waals surface area contributed by atoms with Crippen LogP contribution in [0, 0.1) is 11.6 Å². The number of aromatic nitrogens is 2. The molecule has 5 nitrogen and oxygen atoms in total. The fraction of sp³-hybridized carbons (Fsp3) is 0. The van der Waals surface area contributed by atoms with E-state index < -0.39 is 21.7 Å². The van der Waals surface area contributed by atoms with Crippen molar-refractivity contribution in [1.82, 2.24) is 9.97 Å². The summed E-state index contributed by atoms with van der Waals surface area (Å²) in [6, 6.07) is 2.47. The maximum Gasteiger partial charge on any atom is 0.265 e. The lowest BCUT2D eigenvalue weighted by Crippen LogP contribution is -2.14. The van der Waals surface area contributed by atoms with Crippen molar-refractivity contribution in [3.63, 3.8) is 0 Å². The molecule has 1 aromatic heterocycles. The minimum absolute atomic E-state index is 0.119. The molecule has 0 aliphatic carbocycles. The average Bonchev–Trinajstić information content (AvgIpc) is 2.33. The Labute approximate surface area is 112 Å². The second-order valence-corrected chi connectivity index (χ2v) is 5.44. The molecule has 2 aromatic rings. The molecule has 1 heterocycles. The van der Waals surface area contributed by atoms with Crippen molar-refractivity contribution in [2.45, 2.75) is 4.90 Å².